The summed E-state index contributed by atoms with van der Waals surface area (Å²) < 4.78 is 16.4. The van der Waals surface area contributed by atoms with E-state index in [0.29, 0.717) is 12.8 Å². The van der Waals surface area contributed by atoms with Crippen molar-refractivity contribution < 1.29 is 33.7 Å². The van der Waals surface area contributed by atoms with Crippen LogP contribution < -0.4 is 0 Å². The van der Waals surface area contributed by atoms with Crippen molar-refractivity contribution in [1.29, 1.82) is 0 Å². The molecule has 0 aromatic carbocycles. The van der Waals surface area contributed by atoms with E-state index in [4.69, 9.17) is 13.9 Å². The molecule has 2 saturated carbocycles. The molecule has 4 aliphatic rings. The Morgan fingerprint density at radius 3 is 2.59 bits per heavy atom. The molecule has 0 amide bonds. The molecule has 1 aliphatic heterocycles. The number of Topliss-reactive ketones (excluding diaryl/α,β-unsaturated/α-hetero) is 1. The van der Waals surface area contributed by atoms with Gasteiger partial charge in [0.05, 0.1) is 31.8 Å². The molecular formula is C27H36O7. The van der Waals surface area contributed by atoms with Crippen LogP contribution in [0.25, 0.3) is 0 Å². The molecule has 1 saturated heterocycles. The molecule has 5 rings (SSSR count). The summed E-state index contributed by atoms with van der Waals surface area (Å²) >= 11 is 0. The molecule has 2 heterocycles. The van der Waals surface area contributed by atoms with Gasteiger partial charge in [-0.15, -0.1) is 0 Å². The van der Waals surface area contributed by atoms with E-state index in [1.807, 2.05) is 26.8 Å². The number of ether oxygens (including phenoxy) is 2. The first-order valence-electron chi connectivity index (χ1n) is 12.3. The average Bonchev–Trinajstić information content (AvgIpc) is 3.32. The number of carbonyl (C=O) groups is 2. The summed E-state index contributed by atoms with van der Waals surface area (Å²) in [7, 11) is 1.36. The highest BCUT2D eigenvalue weighted by Gasteiger charge is 2.67. The fraction of sp³-hybridized carbons (Fsp3) is 0.704. The van der Waals surface area contributed by atoms with Crippen LogP contribution >= 0.6 is 0 Å². The number of esters is 1. The Morgan fingerprint density at radius 2 is 1.94 bits per heavy atom. The lowest BCUT2D eigenvalue weighted by Gasteiger charge is -2.63. The first-order valence-corrected chi connectivity index (χ1v) is 12.3. The van der Waals surface area contributed by atoms with Crippen molar-refractivity contribution in [2.24, 2.45) is 34.0 Å². The van der Waals surface area contributed by atoms with Crippen LogP contribution in [-0.2, 0) is 19.1 Å². The van der Waals surface area contributed by atoms with Crippen molar-refractivity contribution in [3.8, 4) is 0 Å². The predicted molar refractivity (Wildman–Crippen MR) is 122 cm³/mol. The molecule has 1 aromatic rings. The second-order valence-electron chi connectivity index (χ2n) is 11.8. The molecule has 3 aliphatic carbocycles. The molecule has 7 heteroatoms. The highest BCUT2D eigenvalue weighted by molar-refractivity contribution is 5.92. The summed E-state index contributed by atoms with van der Waals surface area (Å²) in [6, 6.07) is 1.88. The molecule has 1 aromatic heterocycles. The Morgan fingerprint density at radius 1 is 1.21 bits per heavy atom. The van der Waals surface area contributed by atoms with Gasteiger partial charge in [-0.05, 0) is 42.6 Å². The number of ketones is 1. The van der Waals surface area contributed by atoms with Gasteiger partial charge in [0.25, 0.3) is 0 Å². The second-order valence-corrected chi connectivity index (χ2v) is 11.8. The normalized spacial score (nSPS) is 43.2. The summed E-state index contributed by atoms with van der Waals surface area (Å²) in [6.07, 6.45) is 3.66. The minimum Gasteiger partial charge on any atom is -0.472 e. The van der Waals surface area contributed by atoms with E-state index in [1.165, 1.54) is 12.7 Å². The number of rotatable bonds is 3. The number of hydrogen-bond acceptors (Lipinski definition) is 7. The molecule has 8 atom stereocenters. The molecule has 2 unspecified atom stereocenters. The number of allylic oxidation sites excluding steroid dienone is 1. The van der Waals surface area contributed by atoms with Crippen LogP contribution in [-0.4, -0.2) is 41.5 Å². The van der Waals surface area contributed by atoms with Gasteiger partial charge in [-0.25, -0.2) is 0 Å². The van der Waals surface area contributed by atoms with Crippen LogP contribution in [0.3, 0.4) is 0 Å². The average molecular weight is 473 g/mol. The zero-order valence-corrected chi connectivity index (χ0v) is 20.7. The molecule has 2 bridgehead atoms. The van der Waals surface area contributed by atoms with Crippen LogP contribution in [0.2, 0.25) is 0 Å². The minimum absolute atomic E-state index is 0.0453. The fourth-order valence-electron chi connectivity index (χ4n) is 8.12. The van der Waals surface area contributed by atoms with E-state index >= 15 is 0 Å². The Bertz CT molecular complexity index is 1020. The maximum atomic E-state index is 13.9. The summed E-state index contributed by atoms with van der Waals surface area (Å²) in [4.78, 5) is 26.4. The summed E-state index contributed by atoms with van der Waals surface area (Å²) in [5.74, 6) is -1.23. The van der Waals surface area contributed by atoms with Gasteiger partial charge in [0.2, 0.25) is 0 Å². The smallest absolute Gasteiger partial charge is 0.305 e. The SMILES string of the molecule is COC(=O)C[C@H]1C(C)(C)[C@H](O)[C@@H]2CC3=C4CC(O)O[C@@H](c5ccoc5)[C@]4(C)CCC3[C@@]1(C)C2=O. The maximum Gasteiger partial charge on any atom is 0.305 e. The lowest BCUT2D eigenvalue weighted by atomic mass is 9.40. The van der Waals surface area contributed by atoms with Gasteiger partial charge in [0, 0.05) is 35.2 Å². The topological polar surface area (TPSA) is 106 Å². The number of fused-ring (bicyclic) bond motifs is 5. The highest BCUT2D eigenvalue weighted by Crippen LogP contribution is 2.67. The van der Waals surface area contributed by atoms with Gasteiger partial charge >= 0.3 is 5.97 Å². The van der Waals surface area contributed by atoms with Crippen molar-refractivity contribution in [2.45, 2.75) is 78.3 Å². The highest BCUT2D eigenvalue weighted by atomic mass is 16.6. The molecule has 3 fully saturated rings. The Balaban J connectivity index is 1.66. The van der Waals surface area contributed by atoms with Crippen LogP contribution in [0.4, 0.5) is 0 Å². The zero-order chi connectivity index (χ0) is 24.6. The van der Waals surface area contributed by atoms with Crippen molar-refractivity contribution in [3.63, 3.8) is 0 Å². The van der Waals surface area contributed by atoms with E-state index < -0.39 is 29.1 Å². The van der Waals surface area contributed by atoms with Gasteiger partial charge in [-0.3, -0.25) is 9.59 Å². The molecule has 0 radical (unpaired) electrons. The largest absolute Gasteiger partial charge is 0.472 e. The molecule has 2 N–H and O–H groups in total. The minimum atomic E-state index is -0.952. The van der Waals surface area contributed by atoms with Crippen LogP contribution in [0.1, 0.15) is 71.5 Å². The Kier molecular flexibility index (Phi) is 5.43. The summed E-state index contributed by atoms with van der Waals surface area (Å²) in [6.45, 7) is 8.12. The molecule has 34 heavy (non-hydrogen) atoms. The van der Waals surface area contributed by atoms with Gasteiger partial charge in [-0.2, -0.15) is 0 Å². The molecule has 186 valence electrons. The number of furan rings is 1. The van der Waals surface area contributed by atoms with Crippen molar-refractivity contribution in [3.05, 3.63) is 35.3 Å². The van der Waals surface area contributed by atoms with Gasteiger partial charge in [-0.1, -0.05) is 38.8 Å². The number of carbonyl (C=O) groups excluding carboxylic acids is 2. The van der Waals surface area contributed by atoms with Crippen LogP contribution in [0, 0.1) is 34.0 Å². The van der Waals surface area contributed by atoms with E-state index in [1.54, 1.807) is 12.5 Å². The van der Waals surface area contributed by atoms with E-state index in [2.05, 4.69) is 6.92 Å². The fourth-order valence-corrected chi connectivity index (χ4v) is 8.12. The lowest BCUT2D eigenvalue weighted by Crippen LogP contribution is -2.66. The second kappa shape index (κ2) is 7.77. The Hall–Kier alpha value is -1.96. The Labute approximate surface area is 200 Å². The van der Waals surface area contributed by atoms with E-state index in [-0.39, 0.29) is 41.5 Å². The third kappa shape index (κ3) is 3.06. The number of methoxy groups -OCH3 is 1. The first kappa shape index (κ1) is 23.8. The third-order valence-electron chi connectivity index (χ3n) is 9.94. The van der Waals surface area contributed by atoms with Crippen LogP contribution in [0.5, 0.6) is 0 Å². The van der Waals surface area contributed by atoms with E-state index in [9.17, 15) is 19.8 Å². The van der Waals surface area contributed by atoms with Crippen molar-refractivity contribution >= 4 is 11.8 Å². The lowest BCUT2D eigenvalue weighted by molar-refractivity contribution is -0.201. The predicted octanol–water partition coefficient (Wildman–Crippen LogP) is 3.95. The van der Waals surface area contributed by atoms with Gasteiger partial charge in [0.15, 0.2) is 6.29 Å². The van der Waals surface area contributed by atoms with Gasteiger partial charge < -0.3 is 24.1 Å². The van der Waals surface area contributed by atoms with Crippen molar-refractivity contribution in [1.82, 2.24) is 0 Å². The van der Waals surface area contributed by atoms with Crippen molar-refractivity contribution in [2.75, 3.05) is 7.11 Å². The number of aliphatic hydroxyl groups excluding tert-OH is 2. The van der Waals surface area contributed by atoms with E-state index in [0.717, 1.165) is 24.0 Å². The first-order chi connectivity index (χ1) is 16.0. The standard InChI is InChI=1S/C27H36O7/c1-25(2)19(12-20(28)32-5)27(4)17-6-8-26(3)18(15(17)10-16(22(25)30)23(27)31)11-21(29)34-24(26)14-7-9-33-13-14/h7,9,13,16-17,19,21-22,24,29-30H,6,8,10-12H2,1-5H3/t16-,17?,19-,21?,22+,24-,26+,27+/m0/s1. The zero-order valence-electron chi connectivity index (χ0n) is 20.7. The molecule has 0 spiro atoms. The number of hydrogen-bond donors (Lipinski definition) is 2. The van der Waals surface area contributed by atoms with Crippen LogP contribution in [0.15, 0.2) is 34.2 Å². The summed E-state index contributed by atoms with van der Waals surface area (Å²) in [5.41, 5.74) is 1.44. The quantitative estimate of drug-likeness (QED) is 0.507. The maximum absolute atomic E-state index is 13.9. The number of aliphatic hydroxyl groups is 2. The summed E-state index contributed by atoms with van der Waals surface area (Å²) in [5, 5.41) is 22.1. The monoisotopic (exact) mass is 472 g/mol. The molecule has 7 nitrogen and oxygen atoms in total. The third-order valence-corrected chi connectivity index (χ3v) is 9.94. The molecular weight excluding hydrogens is 436 g/mol. The van der Waals surface area contributed by atoms with Gasteiger partial charge in [0.1, 0.15) is 5.78 Å².